The van der Waals surface area contributed by atoms with E-state index in [4.69, 9.17) is 13.6 Å². The Labute approximate surface area is 185 Å². The molecule has 5 unspecified atom stereocenters. The molecule has 2 aliphatic rings. The minimum atomic E-state index is -0.190. The SMILES string of the molecule is CC(NC(c1ccc(C2Nc3ccccc3O2)cc1)N1NC1c1ccco1)c1ccco1. The molecule has 0 bridgehead atoms. The van der Waals surface area contributed by atoms with E-state index in [-0.39, 0.29) is 24.6 Å². The molecule has 5 atom stereocenters. The summed E-state index contributed by atoms with van der Waals surface area (Å²) in [6.45, 7) is 2.10. The fourth-order valence-electron chi connectivity index (χ4n) is 4.16. The van der Waals surface area contributed by atoms with Crippen LogP contribution in [0.3, 0.4) is 0 Å². The average Bonchev–Trinajstić information content (AvgIpc) is 3.29. The molecule has 7 heteroatoms. The Balaban J connectivity index is 1.23. The molecular weight excluding hydrogens is 404 g/mol. The third-order valence-electron chi connectivity index (χ3n) is 5.92. The largest absolute Gasteiger partial charge is 0.468 e. The van der Waals surface area contributed by atoms with Gasteiger partial charge in [0.05, 0.1) is 24.3 Å². The molecule has 162 valence electrons. The van der Waals surface area contributed by atoms with Gasteiger partial charge in [-0.25, -0.2) is 5.43 Å². The number of hydrazine groups is 1. The third-order valence-corrected chi connectivity index (χ3v) is 5.92. The number of hydrogen-bond acceptors (Lipinski definition) is 7. The highest BCUT2D eigenvalue weighted by Crippen LogP contribution is 2.40. The lowest BCUT2D eigenvalue weighted by Gasteiger charge is -2.24. The average molecular weight is 428 g/mol. The summed E-state index contributed by atoms with van der Waals surface area (Å²) in [7, 11) is 0. The van der Waals surface area contributed by atoms with E-state index < -0.39 is 0 Å². The Hall–Kier alpha value is -3.52. The second kappa shape index (κ2) is 7.87. The molecular formula is C25H24N4O3. The van der Waals surface area contributed by atoms with E-state index in [0.29, 0.717) is 0 Å². The highest BCUT2D eigenvalue weighted by molar-refractivity contribution is 5.60. The first-order chi connectivity index (χ1) is 15.8. The number of ether oxygens (including phenoxy) is 1. The van der Waals surface area contributed by atoms with Gasteiger partial charge in [-0.1, -0.05) is 36.4 Å². The van der Waals surface area contributed by atoms with Gasteiger partial charge in [-0.3, -0.25) is 5.32 Å². The maximum Gasteiger partial charge on any atom is 0.196 e. The second-order valence-electron chi connectivity index (χ2n) is 8.07. The number of fused-ring (bicyclic) bond motifs is 1. The standard InChI is InChI=1S/C25H24N4O3/c1-16(20-8-4-14-30-20)26-23(29-24(28-29)22-9-5-15-31-22)17-10-12-18(13-11-17)25-27-19-6-2-3-7-21(19)32-25/h2-16,23-28H,1H3. The van der Waals surface area contributed by atoms with Crippen molar-refractivity contribution in [2.75, 3.05) is 5.32 Å². The van der Waals surface area contributed by atoms with Crippen LogP contribution >= 0.6 is 0 Å². The Morgan fingerprint density at radius 1 is 0.906 bits per heavy atom. The molecule has 1 fully saturated rings. The van der Waals surface area contributed by atoms with Crippen LogP contribution in [-0.4, -0.2) is 5.01 Å². The van der Waals surface area contributed by atoms with E-state index in [1.165, 1.54) is 0 Å². The molecule has 0 aliphatic carbocycles. The van der Waals surface area contributed by atoms with Gasteiger partial charge in [0, 0.05) is 5.56 Å². The molecule has 4 heterocycles. The second-order valence-corrected chi connectivity index (χ2v) is 8.07. The summed E-state index contributed by atoms with van der Waals surface area (Å²) in [5, 5.41) is 9.25. The van der Waals surface area contributed by atoms with E-state index in [1.54, 1.807) is 12.5 Å². The minimum Gasteiger partial charge on any atom is -0.468 e. The number of hydrogen-bond donors (Lipinski definition) is 3. The summed E-state index contributed by atoms with van der Waals surface area (Å²) in [5.74, 6) is 2.66. The number of rotatable bonds is 7. The zero-order valence-corrected chi connectivity index (χ0v) is 17.6. The van der Waals surface area contributed by atoms with Crippen molar-refractivity contribution in [1.82, 2.24) is 15.8 Å². The fourth-order valence-corrected chi connectivity index (χ4v) is 4.16. The van der Waals surface area contributed by atoms with Crippen LogP contribution in [0.2, 0.25) is 0 Å². The van der Waals surface area contributed by atoms with Crippen molar-refractivity contribution in [2.24, 2.45) is 0 Å². The molecule has 2 aromatic carbocycles. The van der Waals surface area contributed by atoms with E-state index in [1.807, 2.05) is 48.5 Å². The molecule has 1 saturated heterocycles. The molecule has 3 N–H and O–H groups in total. The van der Waals surface area contributed by atoms with Crippen LogP contribution in [-0.2, 0) is 0 Å². The van der Waals surface area contributed by atoms with Crippen molar-refractivity contribution in [1.29, 1.82) is 0 Å². The van der Waals surface area contributed by atoms with E-state index >= 15 is 0 Å². The Morgan fingerprint density at radius 3 is 2.47 bits per heavy atom. The highest BCUT2D eigenvalue weighted by atomic mass is 16.5. The monoisotopic (exact) mass is 428 g/mol. The van der Waals surface area contributed by atoms with Gasteiger partial charge in [0.25, 0.3) is 0 Å². The number of anilines is 1. The Morgan fingerprint density at radius 2 is 1.72 bits per heavy atom. The van der Waals surface area contributed by atoms with Crippen LogP contribution in [0.25, 0.3) is 0 Å². The molecule has 32 heavy (non-hydrogen) atoms. The molecule has 7 nitrogen and oxygen atoms in total. The molecule has 2 aliphatic heterocycles. The van der Waals surface area contributed by atoms with Crippen LogP contribution in [0, 0.1) is 0 Å². The topological polar surface area (TPSA) is 84.5 Å². The van der Waals surface area contributed by atoms with Crippen LogP contribution in [0.4, 0.5) is 5.69 Å². The summed E-state index contributed by atoms with van der Waals surface area (Å²) in [6.07, 6.45) is 3.16. The predicted molar refractivity (Wildman–Crippen MR) is 119 cm³/mol. The maximum atomic E-state index is 6.06. The number of benzene rings is 2. The van der Waals surface area contributed by atoms with Gasteiger partial charge in [0.15, 0.2) is 6.23 Å². The summed E-state index contributed by atoms with van der Waals surface area (Å²) >= 11 is 0. The van der Waals surface area contributed by atoms with Crippen molar-refractivity contribution in [3.8, 4) is 5.75 Å². The summed E-state index contributed by atoms with van der Waals surface area (Å²) in [4.78, 5) is 0. The van der Waals surface area contributed by atoms with Gasteiger partial charge in [-0.15, -0.1) is 0 Å². The summed E-state index contributed by atoms with van der Waals surface area (Å²) in [6, 6.07) is 24.3. The minimum absolute atomic E-state index is 0.0281. The van der Waals surface area contributed by atoms with Gasteiger partial charge in [0.2, 0.25) is 0 Å². The number of furan rings is 2. The van der Waals surface area contributed by atoms with E-state index in [9.17, 15) is 0 Å². The summed E-state index contributed by atoms with van der Waals surface area (Å²) in [5.41, 5.74) is 6.63. The van der Waals surface area contributed by atoms with E-state index in [2.05, 4.69) is 52.3 Å². The third kappa shape index (κ3) is 3.56. The number of nitrogens with one attached hydrogen (secondary N) is 3. The quantitative estimate of drug-likeness (QED) is 0.347. The number of para-hydroxylation sites is 2. The van der Waals surface area contributed by atoms with Crippen molar-refractivity contribution < 1.29 is 13.6 Å². The Bertz CT molecular complexity index is 1150. The first kappa shape index (κ1) is 19.2. The predicted octanol–water partition coefficient (Wildman–Crippen LogP) is 5.24. The fraction of sp³-hybridized carbons (Fsp3) is 0.200. The first-order valence-electron chi connectivity index (χ1n) is 10.8. The van der Waals surface area contributed by atoms with Crippen LogP contribution in [0.5, 0.6) is 5.75 Å². The van der Waals surface area contributed by atoms with Gasteiger partial charge < -0.3 is 18.9 Å². The molecule has 0 amide bonds. The molecule has 2 aromatic heterocycles. The van der Waals surface area contributed by atoms with Crippen molar-refractivity contribution >= 4 is 5.69 Å². The molecule has 0 spiro atoms. The van der Waals surface area contributed by atoms with Crippen LogP contribution < -0.4 is 20.8 Å². The molecule has 0 saturated carbocycles. The normalized spacial score (nSPS) is 23.1. The van der Waals surface area contributed by atoms with Crippen molar-refractivity contribution in [3.05, 3.63) is 108 Å². The lowest BCUT2D eigenvalue weighted by molar-refractivity contribution is 0.253. The molecule has 0 radical (unpaired) electrons. The Kier molecular flexibility index (Phi) is 4.72. The van der Waals surface area contributed by atoms with Gasteiger partial charge in [0.1, 0.15) is 29.6 Å². The van der Waals surface area contributed by atoms with Crippen LogP contribution in [0.15, 0.2) is 94.2 Å². The lowest BCUT2D eigenvalue weighted by atomic mass is 10.1. The van der Waals surface area contributed by atoms with Gasteiger partial charge in [-0.2, -0.15) is 5.01 Å². The molecule has 6 rings (SSSR count). The molecule has 4 aromatic rings. The van der Waals surface area contributed by atoms with E-state index in [0.717, 1.165) is 34.1 Å². The smallest absolute Gasteiger partial charge is 0.196 e. The van der Waals surface area contributed by atoms with Crippen LogP contribution in [0.1, 0.15) is 54.2 Å². The van der Waals surface area contributed by atoms with Crippen molar-refractivity contribution in [2.45, 2.75) is 31.5 Å². The summed E-state index contributed by atoms with van der Waals surface area (Å²) < 4.78 is 17.3. The first-order valence-corrected chi connectivity index (χ1v) is 10.8. The van der Waals surface area contributed by atoms with Gasteiger partial charge in [-0.05, 0) is 48.9 Å². The van der Waals surface area contributed by atoms with Crippen molar-refractivity contribution in [3.63, 3.8) is 0 Å². The zero-order valence-electron chi connectivity index (χ0n) is 17.6. The zero-order chi connectivity index (χ0) is 21.5. The highest BCUT2D eigenvalue weighted by Gasteiger charge is 2.43. The number of nitrogens with zero attached hydrogens (tertiary/aromatic N) is 1. The maximum absolute atomic E-state index is 6.06. The lowest BCUT2D eigenvalue weighted by Crippen LogP contribution is -2.31. The van der Waals surface area contributed by atoms with Gasteiger partial charge >= 0.3 is 0 Å².